The van der Waals surface area contributed by atoms with Crippen LogP contribution in [0.3, 0.4) is 0 Å². The SMILES string of the molecule is CN(C)C1C(=O)C(C(=O)[CH]CC2CCC(C(=N)CC(=N)N)CC2)=C(O)C2(O)C(=O)C3=C(O)c4c(O)cccc4C(C)(O)C3CC12. The van der Waals surface area contributed by atoms with Crippen LogP contribution < -0.4 is 5.73 Å². The van der Waals surface area contributed by atoms with E-state index in [-0.39, 0.29) is 48.1 Å². The fourth-order valence-electron chi connectivity index (χ4n) is 7.97. The molecule has 0 heterocycles. The van der Waals surface area contributed by atoms with Gasteiger partial charge in [-0.1, -0.05) is 12.1 Å². The Kier molecular flexibility index (Phi) is 8.30. The van der Waals surface area contributed by atoms with Gasteiger partial charge in [-0.3, -0.25) is 24.7 Å². The van der Waals surface area contributed by atoms with Crippen LogP contribution >= 0.6 is 0 Å². The minimum absolute atomic E-state index is 0.0147. The molecule has 4 aliphatic rings. The van der Waals surface area contributed by atoms with E-state index in [1.807, 2.05) is 0 Å². The molecule has 0 spiro atoms. The number of phenols is 1. The number of hydrogen-bond donors (Lipinski definition) is 8. The fraction of sp³-hybridized carbons (Fsp3) is 0.515. The van der Waals surface area contributed by atoms with Crippen LogP contribution in [-0.2, 0) is 20.0 Å². The molecule has 0 bridgehead atoms. The smallest absolute Gasteiger partial charge is 0.202 e. The summed E-state index contributed by atoms with van der Waals surface area (Å²) in [6, 6.07) is 3.07. The lowest BCUT2D eigenvalue weighted by atomic mass is 9.54. The second-order valence-electron chi connectivity index (χ2n) is 13.3. The molecule has 0 aromatic heterocycles. The van der Waals surface area contributed by atoms with Crippen LogP contribution in [0.2, 0.25) is 0 Å². The number of phenolic OH excluding ortho intramolecular Hbond substituents is 1. The first kappa shape index (κ1) is 32.5. The summed E-state index contributed by atoms with van der Waals surface area (Å²) in [7, 11) is 3.11. The number of aromatic hydroxyl groups is 1. The lowest BCUT2D eigenvalue weighted by molar-refractivity contribution is -0.159. The number of benzene rings is 1. The molecule has 4 aliphatic carbocycles. The number of ketones is 3. The van der Waals surface area contributed by atoms with Crippen molar-refractivity contribution in [2.45, 2.75) is 69.1 Å². The molecule has 0 amide bonds. The minimum Gasteiger partial charge on any atom is -0.508 e. The summed E-state index contributed by atoms with van der Waals surface area (Å²) in [6.07, 6.45) is 4.33. The van der Waals surface area contributed by atoms with Crippen molar-refractivity contribution in [2.75, 3.05) is 14.1 Å². The summed E-state index contributed by atoms with van der Waals surface area (Å²) in [6.45, 7) is 1.43. The zero-order valence-electron chi connectivity index (χ0n) is 25.6. The summed E-state index contributed by atoms with van der Waals surface area (Å²) in [5.41, 5.74) is 0.221. The molecule has 45 heavy (non-hydrogen) atoms. The number of rotatable bonds is 8. The largest absolute Gasteiger partial charge is 0.508 e. The van der Waals surface area contributed by atoms with Gasteiger partial charge in [-0.05, 0) is 83.0 Å². The minimum atomic E-state index is -2.76. The van der Waals surface area contributed by atoms with Crippen molar-refractivity contribution < 1.29 is 39.9 Å². The van der Waals surface area contributed by atoms with E-state index < -0.39 is 74.8 Å². The highest BCUT2D eigenvalue weighted by atomic mass is 16.3. The Hall–Kier alpha value is -3.87. The maximum absolute atomic E-state index is 14.2. The van der Waals surface area contributed by atoms with Crippen LogP contribution in [0.1, 0.15) is 63.0 Å². The first-order valence-corrected chi connectivity index (χ1v) is 15.2. The van der Waals surface area contributed by atoms with Gasteiger partial charge in [-0.15, -0.1) is 0 Å². The van der Waals surface area contributed by atoms with Crippen molar-refractivity contribution in [3.8, 4) is 5.75 Å². The van der Waals surface area contributed by atoms with E-state index in [9.17, 15) is 39.9 Å². The predicted molar refractivity (Wildman–Crippen MR) is 165 cm³/mol. The quantitative estimate of drug-likeness (QED) is 0.120. The molecule has 5 rings (SSSR count). The maximum Gasteiger partial charge on any atom is 0.202 e. The number of nitrogens with zero attached hydrogens (tertiary/aromatic N) is 1. The molecule has 5 atom stereocenters. The van der Waals surface area contributed by atoms with Gasteiger partial charge in [0.2, 0.25) is 5.78 Å². The average molecular weight is 622 g/mol. The van der Waals surface area contributed by atoms with Gasteiger partial charge in [0.05, 0.1) is 23.0 Å². The van der Waals surface area contributed by atoms with Crippen molar-refractivity contribution in [2.24, 2.45) is 29.4 Å². The normalized spacial score (nSPS) is 33.1. The van der Waals surface area contributed by atoms with Crippen molar-refractivity contribution in [3.63, 3.8) is 0 Å². The van der Waals surface area contributed by atoms with Gasteiger partial charge in [0, 0.05) is 36.0 Å². The summed E-state index contributed by atoms with van der Waals surface area (Å²) in [4.78, 5) is 43.1. The molecule has 241 valence electrons. The van der Waals surface area contributed by atoms with E-state index >= 15 is 0 Å². The highest BCUT2D eigenvalue weighted by Crippen LogP contribution is 2.57. The van der Waals surface area contributed by atoms with Gasteiger partial charge in [0.15, 0.2) is 17.2 Å². The van der Waals surface area contributed by atoms with Crippen LogP contribution in [0.4, 0.5) is 0 Å². The average Bonchev–Trinajstić information content (AvgIpc) is 2.96. The van der Waals surface area contributed by atoms with Gasteiger partial charge in [-0.2, -0.15) is 0 Å². The van der Waals surface area contributed by atoms with Crippen molar-refractivity contribution >= 4 is 34.7 Å². The Morgan fingerprint density at radius 3 is 2.33 bits per heavy atom. The number of nitrogens with one attached hydrogen (secondary N) is 2. The molecule has 2 fully saturated rings. The Morgan fingerprint density at radius 1 is 1.09 bits per heavy atom. The van der Waals surface area contributed by atoms with Gasteiger partial charge < -0.3 is 36.7 Å². The van der Waals surface area contributed by atoms with Crippen LogP contribution in [-0.4, -0.2) is 85.1 Å². The number of hydrogen-bond acceptors (Lipinski definition) is 11. The summed E-state index contributed by atoms with van der Waals surface area (Å²) in [5, 5.41) is 72.6. The number of amidine groups is 1. The standard InChI is InChI=1S/C33H41N4O8/c1-32(44)17-5-4-6-21(38)24(17)28(40)25-18(32)13-19-27(37(2)3)29(41)26(31(43)33(19,45)30(25)42)22(39)12-9-15-7-10-16(11-8-15)20(34)14-23(35)36/h4-6,12,15-16,18-19,27,34,38,40,43-45H,7-11,13-14H2,1-3H3,(H3,35,36). The summed E-state index contributed by atoms with van der Waals surface area (Å²) >= 11 is 0. The molecule has 1 aromatic carbocycles. The first-order chi connectivity index (χ1) is 21.0. The van der Waals surface area contributed by atoms with Crippen molar-refractivity contribution in [3.05, 3.63) is 52.7 Å². The first-order valence-electron chi connectivity index (χ1n) is 15.2. The third-order valence-electron chi connectivity index (χ3n) is 10.4. The lowest BCUT2D eigenvalue weighted by Gasteiger charge is -2.53. The summed E-state index contributed by atoms with van der Waals surface area (Å²) < 4.78 is 0. The monoisotopic (exact) mass is 621 g/mol. The Balaban J connectivity index is 1.46. The predicted octanol–water partition coefficient (Wildman–Crippen LogP) is 2.46. The second-order valence-corrected chi connectivity index (χ2v) is 13.3. The topological polar surface area (TPSA) is 229 Å². The van der Waals surface area contributed by atoms with Gasteiger partial charge in [0.1, 0.15) is 22.8 Å². The molecule has 0 aliphatic heterocycles. The van der Waals surface area contributed by atoms with Gasteiger partial charge in [-0.25, -0.2) is 0 Å². The molecule has 12 nitrogen and oxygen atoms in total. The van der Waals surface area contributed by atoms with E-state index in [0.29, 0.717) is 31.4 Å². The van der Waals surface area contributed by atoms with E-state index in [2.05, 4.69) is 0 Å². The Bertz CT molecular complexity index is 1550. The molecule has 9 N–H and O–H groups in total. The molecular formula is C33H41N4O8. The molecule has 1 radical (unpaired) electrons. The highest BCUT2D eigenvalue weighted by molar-refractivity contribution is 6.27. The van der Waals surface area contributed by atoms with Crippen molar-refractivity contribution in [1.29, 1.82) is 10.8 Å². The van der Waals surface area contributed by atoms with Crippen LogP contribution in [0.5, 0.6) is 5.75 Å². The summed E-state index contributed by atoms with van der Waals surface area (Å²) in [5.74, 6) is -7.17. The van der Waals surface area contributed by atoms with Gasteiger partial charge >= 0.3 is 0 Å². The maximum atomic E-state index is 14.2. The number of nitrogens with two attached hydrogens (primary N) is 1. The van der Waals surface area contributed by atoms with Crippen LogP contribution in [0.25, 0.3) is 5.76 Å². The highest BCUT2D eigenvalue weighted by Gasteiger charge is 2.66. The number of fused-ring (bicyclic) bond motifs is 3. The lowest BCUT2D eigenvalue weighted by Crippen LogP contribution is -2.66. The van der Waals surface area contributed by atoms with Crippen LogP contribution in [0.15, 0.2) is 35.1 Å². The molecule has 2 saturated carbocycles. The molecule has 12 heteroatoms. The van der Waals surface area contributed by atoms with Gasteiger partial charge in [0.25, 0.3) is 0 Å². The van der Waals surface area contributed by atoms with E-state index in [1.54, 1.807) is 14.1 Å². The third kappa shape index (κ3) is 5.08. The van der Waals surface area contributed by atoms with Crippen LogP contribution in [0, 0.1) is 40.9 Å². The Morgan fingerprint density at radius 2 is 1.73 bits per heavy atom. The molecule has 1 aromatic rings. The van der Waals surface area contributed by atoms with E-state index in [0.717, 1.165) is 0 Å². The Labute approximate surface area is 261 Å². The second kappa shape index (κ2) is 11.5. The molecule has 0 saturated heterocycles. The van der Waals surface area contributed by atoms with Crippen molar-refractivity contribution in [1.82, 2.24) is 4.90 Å². The molecule has 5 unspecified atom stereocenters. The molecular weight excluding hydrogens is 580 g/mol. The number of Topliss-reactive ketones (excluding diaryl/α,β-unsaturated/α-hetero) is 3. The fourth-order valence-corrected chi connectivity index (χ4v) is 7.97. The zero-order chi connectivity index (χ0) is 33.2. The third-order valence-corrected chi connectivity index (χ3v) is 10.4. The number of carbonyl (C=O) groups is 3. The van der Waals surface area contributed by atoms with E-state index in [4.69, 9.17) is 16.6 Å². The van der Waals surface area contributed by atoms with E-state index in [1.165, 1.54) is 36.4 Å². The number of carbonyl (C=O) groups excluding carboxylic acids is 3. The number of aliphatic hydroxyl groups is 4. The number of aliphatic hydroxyl groups excluding tert-OH is 2. The number of likely N-dealkylation sites (N-methyl/N-ethyl adjacent to an activating group) is 1. The zero-order valence-corrected chi connectivity index (χ0v) is 25.6.